The smallest absolute Gasteiger partial charge is 0.315 e. The molecule has 1 spiro atoms. The molecule has 4 rings (SSSR count). The molecule has 0 unspecified atom stereocenters. The number of hydrogen-bond donors (Lipinski definition) is 0. The molecule has 0 aromatic heterocycles. The van der Waals surface area contributed by atoms with Crippen molar-refractivity contribution in [2.24, 2.45) is 15.4 Å². The van der Waals surface area contributed by atoms with Crippen LogP contribution in [0.4, 0.5) is 4.79 Å². The number of aliphatic imine (C=N–C) groups is 2. The van der Waals surface area contributed by atoms with Crippen LogP contribution in [0.25, 0.3) is 0 Å². The number of carbonyl (C=O) groups is 1. The van der Waals surface area contributed by atoms with E-state index >= 15 is 0 Å². The van der Waals surface area contributed by atoms with Gasteiger partial charge < -0.3 is 4.90 Å². The first kappa shape index (κ1) is 26.6. The summed E-state index contributed by atoms with van der Waals surface area (Å²) in [5, 5.41) is 19.1. The average Bonchev–Trinajstić information content (AvgIpc) is 3.18. The Morgan fingerprint density at radius 1 is 1.16 bits per heavy atom. The maximum absolute atomic E-state index is 13.9. The van der Waals surface area contributed by atoms with E-state index in [1.165, 1.54) is 11.8 Å². The summed E-state index contributed by atoms with van der Waals surface area (Å²) in [5.74, 6) is -0.0385. The minimum absolute atomic E-state index is 0.0385. The summed E-state index contributed by atoms with van der Waals surface area (Å²) in [7, 11) is 2.19. The van der Waals surface area contributed by atoms with Crippen molar-refractivity contribution in [2.45, 2.75) is 69.9 Å². The number of amides is 2. The van der Waals surface area contributed by atoms with Crippen LogP contribution in [0.15, 0.2) is 52.2 Å². The monoisotopic (exact) mass is 499 g/mol. The van der Waals surface area contributed by atoms with Crippen molar-refractivity contribution in [3.05, 3.63) is 47.8 Å². The van der Waals surface area contributed by atoms with Gasteiger partial charge >= 0.3 is 6.03 Å². The summed E-state index contributed by atoms with van der Waals surface area (Å²) >= 11 is 0. The summed E-state index contributed by atoms with van der Waals surface area (Å²) in [6.07, 6.45) is 7.79. The molecular weight excluding hydrogens is 462 g/mol. The zero-order valence-electron chi connectivity index (χ0n) is 22.3. The summed E-state index contributed by atoms with van der Waals surface area (Å²) in [4.78, 5) is 27.8. The molecule has 3 aliphatic rings. The molecule has 1 aliphatic heterocycles. The van der Waals surface area contributed by atoms with Crippen molar-refractivity contribution < 1.29 is 4.79 Å². The topological polar surface area (TPSA) is 99.1 Å². The number of allylic oxidation sites excluding steroid dienone is 1. The van der Waals surface area contributed by atoms with Crippen LogP contribution in [0.1, 0.15) is 64.4 Å². The number of rotatable bonds is 7. The summed E-state index contributed by atoms with van der Waals surface area (Å²) in [6.45, 7) is 9.35. The van der Waals surface area contributed by atoms with Gasteiger partial charge in [0, 0.05) is 24.0 Å². The van der Waals surface area contributed by atoms with Crippen LogP contribution < -0.4 is 0 Å². The standard InChI is InChI=1S/C29H37N7O/c1-5-34(4)29(24-10-7-6-8-11-24)16-14-28(15-17-29)22-35(23(2)19-33-25(18-30)32-3)26(37)36(28)21-27(20-31)12-9-13-27/h6-8,10-11,19H,3,5,9,12-17,21-22H2,1-2,4H3/b23-19+,33-25?. The van der Waals surface area contributed by atoms with E-state index in [0.29, 0.717) is 18.8 Å². The van der Waals surface area contributed by atoms with E-state index in [9.17, 15) is 10.1 Å². The Hall–Kier alpha value is -3.49. The van der Waals surface area contributed by atoms with Gasteiger partial charge in [0.2, 0.25) is 5.84 Å². The van der Waals surface area contributed by atoms with Gasteiger partial charge in [0.25, 0.3) is 0 Å². The fourth-order valence-electron chi connectivity index (χ4n) is 6.35. The highest BCUT2D eigenvalue weighted by Crippen LogP contribution is 2.51. The van der Waals surface area contributed by atoms with Crippen molar-refractivity contribution in [3.63, 3.8) is 0 Å². The lowest BCUT2D eigenvalue weighted by Crippen LogP contribution is -2.58. The van der Waals surface area contributed by atoms with Crippen LogP contribution in [-0.2, 0) is 5.54 Å². The van der Waals surface area contributed by atoms with Crippen LogP contribution in [0.3, 0.4) is 0 Å². The third-order valence-corrected chi connectivity index (χ3v) is 9.07. The molecule has 3 fully saturated rings. The maximum atomic E-state index is 13.9. The van der Waals surface area contributed by atoms with Crippen LogP contribution in [0.2, 0.25) is 0 Å². The van der Waals surface area contributed by atoms with Crippen molar-refractivity contribution >= 4 is 18.6 Å². The lowest BCUT2D eigenvalue weighted by molar-refractivity contribution is 0.00000298. The first-order valence-electron chi connectivity index (χ1n) is 13.2. The summed E-state index contributed by atoms with van der Waals surface area (Å²) in [6, 6.07) is 15.1. The minimum Gasteiger partial charge on any atom is -0.315 e. The minimum atomic E-state index is -0.455. The molecule has 1 aromatic rings. The number of hydrogen-bond acceptors (Lipinski definition) is 5. The molecule has 1 heterocycles. The van der Waals surface area contributed by atoms with E-state index in [1.54, 1.807) is 4.90 Å². The third kappa shape index (κ3) is 4.67. The van der Waals surface area contributed by atoms with Crippen molar-refractivity contribution in [2.75, 3.05) is 26.7 Å². The number of nitriles is 2. The molecule has 0 bridgehead atoms. The lowest BCUT2D eigenvalue weighted by Gasteiger charge is -2.53. The number of nitrogens with zero attached hydrogens (tertiary/aromatic N) is 7. The number of urea groups is 1. The van der Waals surface area contributed by atoms with E-state index in [2.05, 4.69) is 72.0 Å². The second-order valence-corrected chi connectivity index (χ2v) is 10.8. The fraction of sp³-hybridized carbons (Fsp3) is 0.552. The van der Waals surface area contributed by atoms with Gasteiger partial charge in [-0.2, -0.15) is 10.5 Å². The maximum Gasteiger partial charge on any atom is 0.324 e. The Labute approximate surface area is 220 Å². The molecule has 2 aliphatic carbocycles. The summed E-state index contributed by atoms with van der Waals surface area (Å²) in [5.41, 5.74) is 1.09. The van der Waals surface area contributed by atoms with Crippen LogP contribution in [0, 0.1) is 28.1 Å². The third-order valence-electron chi connectivity index (χ3n) is 9.07. The molecule has 0 N–H and O–H groups in total. The van der Waals surface area contributed by atoms with E-state index in [1.807, 2.05) is 17.9 Å². The molecule has 0 radical (unpaired) electrons. The Balaban J connectivity index is 1.68. The molecule has 1 aromatic carbocycles. The van der Waals surface area contributed by atoms with E-state index in [-0.39, 0.29) is 22.9 Å². The molecule has 8 heteroatoms. The Bertz CT molecular complexity index is 1160. The van der Waals surface area contributed by atoms with E-state index in [0.717, 1.165) is 51.5 Å². The zero-order chi connectivity index (χ0) is 26.7. The summed E-state index contributed by atoms with van der Waals surface area (Å²) < 4.78 is 0. The van der Waals surface area contributed by atoms with Crippen LogP contribution in [-0.4, -0.2) is 65.5 Å². The molecule has 37 heavy (non-hydrogen) atoms. The molecule has 8 nitrogen and oxygen atoms in total. The predicted octanol–water partition coefficient (Wildman–Crippen LogP) is 5.06. The van der Waals surface area contributed by atoms with Crippen molar-refractivity contribution in [1.29, 1.82) is 10.5 Å². The van der Waals surface area contributed by atoms with Gasteiger partial charge in [0.1, 0.15) is 6.07 Å². The van der Waals surface area contributed by atoms with E-state index in [4.69, 9.17) is 5.26 Å². The van der Waals surface area contributed by atoms with Gasteiger partial charge in [-0.25, -0.2) is 14.8 Å². The van der Waals surface area contributed by atoms with Gasteiger partial charge in [-0.15, -0.1) is 0 Å². The highest BCUT2D eigenvalue weighted by Gasteiger charge is 2.57. The van der Waals surface area contributed by atoms with Crippen LogP contribution in [0.5, 0.6) is 0 Å². The van der Waals surface area contributed by atoms with Crippen molar-refractivity contribution in [3.8, 4) is 12.1 Å². The molecule has 2 amide bonds. The normalized spacial score (nSPS) is 27.7. The lowest BCUT2D eigenvalue weighted by atomic mass is 9.66. The fourth-order valence-corrected chi connectivity index (χ4v) is 6.35. The Kier molecular flexibility index (Phi) is 7.52. The molecule has 0 atom stereocenters. The van der Waals surface area contributed by atoms with Crippen LogP contribution >= 0.6 is 0 Å². The Morgan fingerprint density at radius 3 is 2.35 bits per heavy atom. The quantitative estimate of drug-likeness (QED) is 0.387. The number of benzene rings is 1. The first-order valence-corrected chi connectivity index (χ1v) is 13.2. The van der Waals surface area contributed by atoms with E-state index < -0.39 is 5.41 Å². The van der Waals surface area contributed by atoms with Gasteiger partial charge in [-0.05, 0) is 71.3 Å². The first-order chi connectivity index (χ1) is 17.8. The molecule has 2 saturated carbocycles. The van der Waals surface area contributed by atoms with Gasteiger partial charge in [-0.3, -0.25) is 9.80 Å². The average molecular weight is 500 g/mol. The highest BCUT2D eigenvalue weighted by molar-refractivity contribution is 5.99. The van der Waals surface area contributed by atoms with Gasteiger partial charge in [0.05, 0.1) is 23.6 Å². The second-order valence-electron chi connectivity index (χ2n) is 10.8. The molecular formula is C29H37N7O. The molecule has 194 valence electrons. The zero-order valence-corrected chi connectivity index (χ0v) is 22.3. The SMILES string of the molecule is C=NC(C#N)=N/C=C(\C)N1CC2(CCC(c3ccccc3)(N(C)CC)CC2)N(CC2(C#N)CCC2)C1=O. The van der Waals surface area contributed by atoms with Gasteiger partial charge in [0.15, 0.2) is 0 Å². The van der Waals surface area contributed by atoms with Crippen molar-refractivity contribution in [1.82, 2.24) is 14.7 Å². The van der Waals surface area contributed by atoms with Gasteiger partial charge in [-0.1, -0.05) is 43.7 Å². The number of carbonyl (C=O) groups excluding carboxylic acids is 1. The largest absolute Gasteiger partial charge is 0.324 e. The second kappa shape index (κ2) is 10.5. The Morgan fingerprint density at radius 2 is 1.84 bits per heavy atom. The predicted molar refractivity (Wildman–Crippen MR) is 145 cm³/mol. The molecule has 1 saturated heterocycles. The highest BCUT2D eigenvalue weighted by atomic mass is 16.2. The number of amidine groups is 1.